The molecule has 3 rings (SSSR count). The molecule has 0 radical (unpaired) electrons. The summed E-state index contributed by atoms with van der Waals surface area (Å²) in [7, 11) is 0. The molecule has 0 aromatic heterocycles. The average Bonchev–Trinajstić information content (AvgIpc) is 2.73. The summed E-state index contributed by atoms with van der Waals surface area (Å²) < 4.78 is 5.65. The molecule has 160 valence electrons. The smallest absolute Gasteiger partial charge is 0.262 e. The van der Waals surface area contributed by atoms with Gasteiger partial charge >= 0.3 is 0 Å². The van der Waals surface area contributed by atoms with Gasteiger partial charge in [0.2, 0.25) is 5.91 Å². The third-order valence-electron chi connectivity index (χ3n) is 5.10. The van der Waals surface area contributed by atoms with Crippen LogP contribution < -0.4 is 15.0 Å². The number of benzene rings is 2. The molecule has 0 saturated carbocycles. The van der Waals surface area contributed by atoms with Crippen LogP contribution in [0.5, 0.6) is 5.75 Å². The van der Waals surface area contributed by atoms with Crippen molar-refractivity contribution in [2.24, 2.45) is 5.92 Å². The first-order chi connectivity index (χ1) is 14.3. The highest BCUT2D eigenvalue weighted by atomic mass is 35.5. The van der Waals surface area contributed by atoms with Crippen molar-refractivity contribution in [1.82, 2.24) is 4.90 Å². The van der Waals surface area contributed by atoms with Crippen LogP contribution in [0.2, 0.25) is 5.02 Å². The molecule has 2 aromatic carbocycles. The van der Waals surface area contributed by atoms with Crippen molar-refractivity contribution in [2.75, 3.05) is 43.0 Å². The summed E-state index contributed by atoms with van der Waals surface area (Å²) in [6.07, 6.45) is 0. The minimum Gasteiger partial charge on any atom is -0.483 e. The molecule has 0 aliphatic carbocycles. The molecule has 1 N–H and O–H groups in total. The summed E-state index contributed by atoms with van der Waals surface area (Å²) in [4.78, 5) is 28.8. The minimum atomic E-state index is -0.231. The van der Waals surface area contributed by atoms with E-state index in [1.165, 1.54) is 0 Å². The summed E-state index contributed by atoms with van der Waals surface area (Å²) in [6.45, 7) is 8.46. The molecule has 1 saturated heterocycles. The molecule has 7 heteroatoms. The van der Waals surface area contributed by atoms with E-state index >= 15 is 0 Å². The molecular weight excluding hydrogens is 402 g/mol. The molecule has 0 spiro atoms. The van der Waals surface area contributed by atoms with E-state index in [-0.39, 0.29) is 24.3 Å². The number of hydrogen-bond acceptors (Lipinski definition) is 4. The van der Waals surface area contributed by atoms with Crippen LogP contribution >= 0.6 is 11.6 Å². The zero-order valence-corrected chi connectivity index (χ0v) is 18.4. The number of nitrogens with one attached hydrogen (secondary N) is 1. The summed E-state index contributed by atoms with van der Waals surface area (Å²) in [5.41, 5.74) is 2.57. The molecule has 1 aliphatic rings. The summed E-state index contributed by atoms with van der Waals surface area (Å²) >= 11 is 5.96. The Bertz CT molecular complexity index is 908. The largest absolute Gasteiger partial charge is 0.483 e. The first-order valence-electron chi connectivity index (χ1n) is 10.2. The highest BCUT2D eigenvalue weighted by Gasteiger charge is 2.24. The van der Waals surface area contributed by atoms with Gasteiger partial charge in [-0.2, -0.15) is 0 Å². The second-order valence-corrected chi connectivity index (χ2v) is 8.17. The SMILES string of the molecule is Cc1cc(Cl)ccc1OCC(=O)Nc1ccccc1N1CCN(C(=O)C(C)C)CC1. The second-order valence-electron chi connectivity index (χ2n) is 7.73. The van der Waals surface area contributed by atoms with Crippen molar-refractivity contribution in [3.05, 3.63) is 53.1 Å². The molecular formula is C23H28ClN3O3. The number of nitrogens with zero attached hydrogens (tertiary/aromatic N) is 2. The Morgan fingerprint density at radius 3 is 2.47 bits per heavy atom. The van der Waals surface area contributed by atoms with Gasteiger partial charge in [-0.15, -0.1) is 0 Å². The number of para-hydroxylation sites is 2. The Hall–Kier alpha value is -2.73. The van der Waals surface area contributed by atoms with E-state index < -0.39 is 0 Å². The van der Waals surface area contributed by atoms with Crippen molar-refractivity contribution in [3.8, 4) is 5.75 Å². The van der Waals surface area contributed by atoms with Crippen LogP contribution in [0.3, 0.4) is 0 Å². The van der Waals surface area contributed by atoms with Gasteiger partial charge in [-0.25, -0.2) is 0 Å². The number of carbonyl (C=O) groups is 2. The van der Waals surface area contributed by atoms with Crippen molar-refractivity contribution in [1.29, 1.82) is 0 Å². The van der Waals surface area contributed by atoms with Crippen molar-refractivity contribution in [3.63, 3.8) is 0 Å². The highest BCUT2D eigenvalue weighted by Crippen LogP contribution is 2.27. The van der Waals surface area contributed by atoms with Gasteiger partial charge in [0.1, 0.15) is 5.75 Å². The Labute approximate surface area is 182 Å². The summed E-state index contributed by atoms with van der Waals surface area (Å²) in [5.74, 6) is 0.595. The first-order valence-corrected chi connectivity index (χ1v) is 10.5. The molecule has 6 nitrogen and oxygen atoms in total. The lowest BCUT2D eigenvalue weighted by atomic mass is 10.1. The number of ether oxygens (including phenoxy) is 1. The van der Waals surface area contributed by atoms with Crippen LogP contribution in [-0.4, -0.2) is 49.5 Å². The highest BCUT2D eigenvalue weighted by molar-refractivity contribution is 6.30. The van der Waals surface area contributed by atoms with Crippen LogP contribution in [0.1, 0.15) is 19.4 Å². The molecule has 1 fully saturated rings. The number of aryl methyl sites for hydroxylation is 1. The fourth-order valence-corrected chi connectivity index (χ4v) is 3.72. The molecule has 0 unspecified atom stereocenters. The van der Waals surface area contributed by atoms with Crippen LogP contribution in [0.4, 0.5) is 11.4 Å². The van der Waals surface area contributed by atoms with Crippen LogP contribution in [0, 0.1) is 12.8 Å². The maximum Gasteiger partial charge on any atom is 0.262 e. The van der Waals surface area contributed by atoms with Gasteiger partial charge in [-0.1, -0.05) is 37.6 Å². The molecule has 2 aromatic rings. The number of piperazine rings is 1. The van der Waals surface area contributed by atoms with Crippen molar-refractivity contribution >= 4 is 34.8 Å². The topological polar surface area (TPSA) is 61.9 Å². The van der Waals surface area contributed by atoms with Gasteiger partial charge in [0.15, 0.2) is 6.61 Å². The van der Waals surface area contributed by atoms with E-state index in [0.29, 0.717) is 23.9 Å². The van der Waals surface area contributed by atoms with E-state index in [0.717, 1.165) is 30.0 Å². The predicted molar refractivity (Wildman–Crippen MR) is 120 cm³/mol. The van der Waals surface area contributed by atoms with E-state index in [4.69, 9.17) is 16.3 Å². The number of hydrogen-bond donors (Lipinski definition) is 1. The number of rotatable bonds is 6. The van der Waals surface area contributed by atoms with E-state index in [9.17, 15) is 9.59 Å². The number of amides is 2. The van der Waals surface area contributed by atoms with Crippen molar-refractivity contribution < 1.29 is 14.3 Å². The normalized spacial score (nSPS) is 14.0. The quantitative estimate of drug-likeness (QED) is 0.754. The lowest BCUT2D eigenvalue weighted by Crippen LogP contribution is -2.50. The van der Waals surface area contributed by atoms with Crippen molar-refractivity contribution in [2.45, 2.75) is 20.8 Å². The molecule has 0 bridgehead atoms. The molecule has 30 heavy (non-hydrogen) atoms. The zero-order valence-electron chi connectivity index (χ0n) is 17.7. The number of carbonyl (C=O) groups excluding carboxylic acids is 2. The third kappa shape index (κ3) is 5.45. The first kappa shape index (κ1) is 22.0. The third-order valence-corrected chi connectivity index (χ3v) is 5.33. The molecule has 1 heterocycles. The maximum atomic E-state index is 12.5. The van der Waals surface area contributed by atoms with Crippen LogP contribution in [0.25, 0.3) is 0 Å². The van der Waals surface area contributed by atoms with Gasteiger partial charge in [-0.05, 0) is 42.8 Å². The van der Waals surface area contributed by atoms with Gasteiger partial charge in [0.05, 0.1) is 11.4 Å². The minimum absolute atomic E-state index is 0.00685. The van der Waals surface area contributed by atoms with Gasteiger partial charge in [0.25, 0.3) is 5.91 Å². The average molecular weight is 430 g/mol. The monoisotopic (exact) mass is 429 g/mol. The lowest BCUT2D eigenvalue weighted by Gasteiger charge is -2.37. The second kappa shape index (κ2) is 9.85. The summed E-state index contributed by atoms with van der Waals surface area (Å²) in [6, 6.07) is 13.0. The Balaban J connectivity index is 1.60. The fourth-order valence-electron chi connectivity index (χ4n) is 3.49. The maximum absolute atomic E-state index is 12.5. The Morgan fingerprint density at radius 2 is 1.80 bits per heavy atom. The van der Waals surface area contributed by atoms with Gasteiger partial charge in [0, 0.05) is 37.1 Å². The molecule has 2 amide bonds. The standard InChI is InChI=1S/C23H28ClN3O3/c1-16(2)23(29)27-12-10-26(11-13-27)20-7-5-4-6-19(20)25-22(28)15-30-21-9-8-18(24)14-17(21)3/h4-9,14,16H,10-13,15H2,1-3H3,(H,25,28). The van der Waals surface area contributed by atoms with Gasteiger partial charge < -0.3 is 19.9 Å². The lowest BCUT2D eigenvalue weighted by molar-refractivity contribution is -0.134. The zero-order chi connectivity index (χ0) is 21.7. The Kier molecular flexibility index (Phi) is 7.21. The molecule has 1 aliphatic heterocycles. The number of anilines is 2. The van der Waals surface area contributed by atoms with E-state index in [1.54, 1.807) is 18.2 Å². The van der Waals surface area contributed by atoms with Gasteiger partial charge in [-0.3, -0.25) is 9.59 Å². The van der Waals surface area contributed by atoms with Crippen LogP contribution in [-0.2, 0) is 9.59 Å². The van der Waals surface area contributed by atoms with E-state index in [2.05, 4.69) is 10.2 Å². The van der Waals surface area contributed by atoms with E-state index in [1.807, 2.05) is 49.9 Å². The Morgan fingerprint density at radius 1 is 1.10 bits per heavy atom. The number of halogens is 1. The summed E-state index contributed by atoms with van der Waals surface area (Å²) in [5, 5.41) is 3.58. The molecule has 0 atom stereocenters. The van der Waals surface area contributed by atoms with Crippen LogP contribution in [0.15, 0.2) is 42.5 Å². The fraction of sp³-hybridized carbons (Fsp3) is 0.391. The predicted octanol–water partition coefficient (Wildman–Crippen LogP) is 3.97.